The zero-order valence-corrected chi connectivity index (χ0v) is 13.0. The van der Waals surface area contributed by atoms with Gasteiger partial charge in [-0.3, -0.25) is 4.79 Å². The summed E-state index contributed by atoms with van der Waals surface area (Å²) in [4.78, 5) is 23.7. The Labute approximate surface area is 134 Å². The molecule has 0 spiro atoms. The van der Waals surface area contributed by atoms with E-state index in [-0.39, 0.29) is 18.1 Å². The molecule has 0 heterocycles. The second-order valence-corrected chi connectivity index (χ2v) is 4.92. The lowest BCUT2D eigenvalue weighted by atomic mass is 9.97. The van der Waals surface area contributed by atoms with E-state index in [0.717, 1.165) is 0 Å². The molecule has 0 bridgehead atoms. The highest BCUT2D eigenvalue weighted by molar-refractivity contribution is 6.11. The number of hydrogen-bond donors (Lipinski definition) is 1. The van der Waals surface area contributed by atoms with Crippen LogP contribution in [-0.4, -0.2) is 30.3 Å². The fourth-order valence-electron chi connectivity index (χ4n) is 2.17. The maximum atomic E-state index is 12.7. The van der Waals surface area contributed by atoms with Crippen LogP contribution in [0.1, 0.15) is 38.8 Å². The van der Waals surface area contributed by atoms with Crippen LogP contribution < -0.4 is 4.74 Å². The van der Waals surface area contributed by atoms with E-state index in [1.807, 2.05) is 6.92 Å². The van der Waals surface area contributed by atoms with Gasteiger partial charge in [-0.1, -0.05) is 12.1 Å². The van der Waals surface area contributed by atoms with Crippen molar-refractivity contribution in [1.29, 1.82) is 0 Å². The minimum atomic E-state index is -1.02. The van der Waals surface area contributed by atoms with Crippen LogP contribution in [0.15, 0.2) is 42.5 Å². The fraction of sp³-hybridized carbons (Fsp3) is 0.222. The van der Waals surface area contributed by atoms with Crippen LogP contribution in [0, 0.1) is 6.92 Å². The van der Waals surface area contributed by atoms with Gasteiger partial charge in [0, 0.05) is 12.2 Å². The maximum Gasteiger partial charge on any atom is 0.335 e. The molecule has 0 aliphatic carbocycles. The van der Waals surface area contributed by atoms with Crippen LogP contribution in [0.25, 0.3) is 0 Å². The van der Waals surface area contributed by atoms with E-state index in [1.54, 1.807) is 31.2 Å². The van der Waals surface area contributed by atoms with Crippen molar-refractivity contribution >= 4 is 11.8 Å². The molecule has 0 amide bonds. The first kappa shape index (κ1) is 16.7. The standard InChI is InChI=1S/C18H18O5/c1-3-22-11-23-16-7-5-4-6-15(16)17(19)14-9-8-13(18(20)21)10-12(14)2/h4-10H,3,11H2,1-2H3,(H,20,21). The zero-order chi connectivity index (χ0) is 16.8. The molecular formula is C18H18O5. The van der Waals surface area contributed by atoms with Crippen molar-refractivity contribution in [2.45, 2.75) is 13.8 Å². The molecule has 0 aromatic heterocycles. The van der Waals surface area contributed by atoms with E-state index in [1.165, 1.54) is 18.2 Å². The van der Waals surface area contributed by atoms with Crippen molar-refractivity contribution < 1.29 is 24.2 Å². The Morgan fingerprint density at radius 3 is 2.48 bits per heavy atom. The number of ether oxygens (including phenoxy) is 2. The first-order valence-corrected chi connectivity index (χ1v) is 7.22. The molecule has 5 nitrogen and oxygen atoms in total. The molecule has 0 aliphatic rings. The highest BCUT2D eigenvalue weighted by Crippen LogP contribution is 2.23. The SMILES string of the molecule is CCOCOc1ccccc1C(=O)c1ccc(C(=O)O)cc1C. The van der Waals surface area contributed by atoms with E-state index in [4.69, 9.17) is 14.6 Å². The summed E-state index contributed by atoms with van der Waals surface area (Å²) in [5.41, 5.74) is 1.62. The second-order valence-electron chi connectivity index (χ2n) is 4.92. The fourth-order valence-corrected chi connectivity index (χ4v) is 2.17. The van der Waals surface area contributed by atoms with E-state index in [9.17, 15) is 9.59 Å². The largest absolute Gasteiger partial charge is 0.478 e. The predicted molar refractivity (Wildman–Crippen MR) is 85.1 cm³/mol. The van der Waals surface area contributed by atoms with E-state index < -0.39 is 5.97 Å². The summed E-state index contributed by atoms with van der Waals surface area (Å²) in [6.07, 6.45) is 0. The maximum absolute atomic E-state index is 12.7. The Hall–Kier alpha value is -2.66. The van der Waals surface area contributed by atoms with Gasteiger partial charge in [0.25, 0.3) is 0 Å². The van der Waals surface area contributed by atoms with Crippen LogP contribution >= 0.6 is 0 Å². The molecule has 23 heavy (non-hydrogen) atoms. The third kappa shape index (κ3) is 3.96. The van der Waals surface area contributed by atoms with Gasteiger partial charge in [-0.05, 0) is 49.7 Å². The third-order valence-electron chi connectivity index (χ3n) is 3.35. The molecule has 120 valence electrons. The van der Waals surface area contributed by atoms with Crippen molar-refractivity contribution in [3.63, 3.8) is 0 Å². The Bertz CT molecular complexity index is 721. The quantitative estimate of drug-likeness (QED) is 0.482. The number of carboxylic acid groups (broad SMARTS) is 1. The van der Waals surface area contributed by atoms with Crippen molar-refractivity contribution in [2.75, 3.05) is 13.4 Å². The van der Waals surface area contributed by atoms with E-state index >= 15 is 0 Å². The molecule has 1 N–H and O–H groups in total. The number of para-hydroxylation sites is 1. The summed E-state index contributed by atoms with van der Waals surface area (Å²) in [5.74, 6) is -0.799. The number of benzene rings is 2. The minimum absolute atomic E-state index is 0.0672. The van der Waals surface area contributed by atoms with Gasteiger partial charge in [-0.25, -0.2) is 4.79 Å². The minimum Gasteiger partial charge on any atom is -0.478 e. The van der Waals surface area contributed by atoms with Crippen molar-refractivity contribution in [2.24, 2.45) is 0 Å². The Balaban J connectivity index is 2.32. The van der Waals surface area contributed by atoms with Gasteiger partial charge in [-0.2, -0.15) is 0 Å². The summed E-state index contributed by atoms with van der Waals surface area (Å²) >= 11 is 0. The molecule has 0 saturated heterocycles. The number of rotatable bonds is 7. The molecule has 5 heteroatoms. The van der Waals surface area contributed by atoms with Crippen LogP contribution in [0.5, 0.6) is 5.75 Å². The summed E-state index contributed by atoms with van der Waals surface area (Å²) < 4.78 is 10.6. The number of aryl methyl sites for hydroxylation is 1. The normalized spacial score (nSPS) is 10.3. The van der Waals surface area contributed by atoms with Gasteiger partial charge in [0.1, 0.15) is 5.75 Å². The summed E-state index contributed by atoms with van der Waals surface area (Å²) in [6.45, 7) is 4.15. The van der Waals surface area contributed by atoms with Crippen molar-refractivity contribution in [3.8, 4) is 5.75 Å². The Morgan fingerprint density at radius 1 is 1.09 bits per heavy atom. The van der Waals surface area contributed by atoms with Crippen LogP contribution in [0.4, 0.5) is 0 Å². The van der Waals surface area contributed by atoms with E-state index in [2.05, 4.69) is 0 Å². The van der Waals surface area contributed by atoms with Crippen molar-refractivity contribution in [1.82, 2.24) is 0 Å². The zero-order valence-electron chi connectivity index (χ0n) is 13.0. The summed E-state index contributed by atoms with van der Waals surface area (Å²) in [5, 5.41) is 9.00. The summed E-state index contributed by atoms with van der Waals surface area (Å²) in [6, 6.07) is 11.3. The average molecular weight is 314 g/mol. The predicted octanol–water partition coefficient (Wildman–Crippen LogP) is 3.30. The number of carbonyl (C=O) groups excluding carboxylic acids is 1. The molecule has 0 aliphatic heterocycles. The molecular weight excluding hydrogens is 296 g/mol. The van der Waals surface area contributed by atoms with Gasteiger partial charge in [0.05, 0.1) is 11.1 Å². The number of ketones is 1. The lowest BCUT2D eigenvalue weighted by Crippen LogP contribution is -2.10. The summed E-state index contributed by atoms with van der Waals surface area (Å²) in [7, 11) is 0. The second kappa shape index (κ2) is 7.56. The molecule has 2 rings (SSSR count). The Kier molecular flexibility index (Phi) is 5.49. The van der Waals surface area contributed by atoms with Crippen LogP contribution in [-0.2, 0) is 4.74 Å². The van der Waals surface area contributed by atoms with Gasteiger partial charge < -0.3 is 14.6 Å². The van der Waals surface area contributed by atoms with E-state index in [0.29, 0.717) is 29.0 Å². The van der Waals surface area contributed by atoms with Crippen LogP contribution in [0.2, 0.25) is 0 Å². The molecule has 0 radical (unpaired) electrons. The number of carbonyl (C=O) groups is 2. The first-order valence-electron chi connectivity index (χ1n) is 7.22. The molecule has 0 atom stereocenters. The lowest BCUT2D eigenvalue weighted by molar-refractivity contribution is 0.0220. The number of hydrogen-bond acceptors (Lipinski definition) is 4. The molecule has 2 aromatic carbocycles. The highest BCUT2D eigenvalue weighted by Gasteiger charge is 2.17. The molecule has 0 unspecified atom stereocenters. The topological polar surface area (TPSA) is 72.8 Å². The first-order chi connectivity index (χ1) is 11.0. The van der Waals surface area contributed by atoms with Gasteiger partial charge in [0.2, 0.25) is 0 Å². The average Bonchev–Trinajstić information content (AvgIpc) is 2.55. The lowest BCUT2D eigenvalue weighted by Gasteiger charge is -2.12. The van der Waals surface area contributed by atoms with Crippen molar-refractivity contribution in [3.05, 3.63) is 64.7 Å². The smallest absolute Gasteiger partial charge is 0.335 e. The third-order valence-corrected chi connectivity index (χ3v) is 3.35. The number of aromatic carboxylic acids is 1. The molecule has 0 fully saturated rings. The monoisotopic (exact) mass is 314 g/mol. The Morgan fingerprint density at radius 2 is 1.83 bits per heavy atom. The van der Waals surface area contributed by atoms with Crippen LogP contribution in [0.3, 0.4) is 0 Å². The highest BCUT2D eigenvalue weighted by atomic mass is 16.7. The molecule has 0 saturated carbocycles. The number of carboxylic acids is 1. The molecule has 2 aromatic rings. The van der Waals surface area contributed by atoms with Gasteiger partial charge in [0.15, 0.2) is 12.6 Å². The van der Waals surface area contributed by atoms with Gasteiger partial charge in [-0.15, -0.1) is 0 Å². The van der Waals surface area contributed by atoms with Gasteiger partial charge >= 0.3 is 5.97 Å².